The van der Waals surface area contributed by atoms with Crippen LogP contribution < -0.4 is 5.32 Å². The zero-order valence-corrected chi connectivity index (χ0v) is 19.9. The second-order valence-electron chi connectivity index (χ2n) is 8.72. The minimum atomic E-state index is -0.605. The highest BCUT2D eigenvalue weighted by Gasteiger charge is 2.42. The van der Waals surface area contributed by atoms with E-state index in [0.29, 0.717) is 32.2 Å². The Morgan fingerprint density at radius 2 is 2.00 bits per heavy atom. The monoisotopic (exact) mass is 457 g/mol. The number of aliphatic hydroxyl groups excluding tert-OH is 2. The van der Waals surface area contributed by atoms with E-state index in [1.807, 2.05) is 55.5 Å². The highest BCUT2D eigenvalue weighted by Crippen LogP contribution is 2.38. The maximum atomic E-state index is 11.6. The van der Waals surface area contributed by atoms with Gasteiger partial charge in [0.1, 0.15) is 6.10 Å². The molecule has 0 spiro atoms. The number of nitrogens with one attached hydrogen (secondary N) is 1. The van der Waals surface area contributed by atoms with Crippen molar-refractivity contribution in [2.75, 3.05) is 6.54 Å². The number of aryl methyl sites for hydroxylation is 1. The third-order valence-corrected chi connectivity index (χ3v) is 6.06. The second kappa shape index (κ2) is 14.7. The van der Waals surface area contributed by atoms with E-state index in [2.05, 4.69) is 5.32 Å². The van der Waals surface area contributed by atoms with Gasteiger partial charge in [-0.05, 0) is 50.5 Å². The molecule has 0 heterocycles. The van der Waals surface area contributed by atoms with Gasteiger partial charge < -0.3 is 20.3 Å². The van der Waals surface area contributed by atoms with Crippen LogP contribution in [0, 0.1) is 11.8 Å². The summed E-state index contributed by atoms with van der Waals surface area (Å²) in [6, 6.07) is 10.0. The predicted octanol–water partition coefficient (Wildman–Crippen LogP) is 3.72. The lowest BCUT2D eigenvalue weighted by molar-refractivity contribution is -0.147. The molecular formula is C27H39NO5. The summed E-state index contributed by atoms with van der Waals surface area (Å²) >= 11 is 0. The van der Waals surface area contributed by atoms with Crippen molar-refractivity contribution in [2.24, 2.45) is 11.8 Å². The van der Waals surface area contributed by atoms with Gasteiger partial charge in [-0.1, -0.05) is 54.6 Å². The van der Waals surface area contributed by atoms with E-state index in [4.69, 9.17) is 4.74 Å². The van der Waals surface area contributed by atoms with Gasteiger partial charge in [-0.2, -0.15) is 0 Å². The average Bonchev–Trinajstić information content (AvgIpc) is 3.07. The summed E-state index contributed by atoms with van der Waals surface area (Å²) in [6.07, 6.45) is 10.7. The molecule has 1 fully saturated rings. The van der Waals surface area contributed by atoms with Crippen molar-refractivity contribution in [1.82, 2.24) is 5.32 Å². The quantitative estimate of drug-likeness (QED) is 0.238. The summed E-state index contributed by atoms with van der Waals surface area (Å²) < 4.78 is 5.48. The van der Waals surface area contributed by atoms with Gasteiger partial charge in [0.15, 0.2) is 0 Å². The summed E-state index contributed by atoms with van der Waals surface area (Å²) in [5.41, 5.74) is 1.18. The summed E-state index contributed by atoms with van der Waals surface area (Å²) in [7, 11) is 0. The van der Waals surface area contributed by atoms with Crippen LogP contribution in [0.25, 0.3) is 0 Å². The Bertz CT molecular complexity index is 776. The highest BCUT2D eigenvalue weighted by atomic mass is 16.5. The minimum Gasteiger partial charge on any atom is -0.462 e. The van der Waals surface area contributed by atoms with Crippen LogP contribution >= 0.6 is 0 Å². The molecule has 33 heavy (non-hydrogen) atoms. The van der Waals surface area contributed by atoms with Crippen LogP contribution in [0.2, 0.25) is 0 Å². The molecular weight excluding hydrogens is 418 g/mol. The molecule has 6 nitrogen and oxygen atoms in total. The second-order valence-corrected chi connectivity index (χ2v) is 8.72. The summed E-state index contributed by atoms with van der Waals surface area (Å²) in [5, 5.41) is 23.9. The molecule has 0 unspecified atom stereocenters. The number of benzene rings is 1. The number of carbonyl (C=O) groups excluding carboxylic acids is 2. The Labute approximate surface area is 197 Å². The summed E-state index contributed by atoms with van der Waals surface area (Å²) in [6.45, 7) is 3.93. The van der Waals surface area contributed by atoms with E-state index in [1.54, 1.807) is 6.08 Å². The first kappa shape index (κ1) is 26.8. The number of allylic oxidation sites excluding steroid dienone is 2. The first-order valence-electron chi connectivity index (χ1n) is 12.1. The molecule has 0 bridgehead atoms. The Morgan fingerprint density at radius 1 is 1.24 bits per heavy atom. The fourth-order valence-corrected chi connectivity index (χ4v) is 4.37. The molecule has 3 N–H and O–H groups in total. The Hall–Kier alpha value is -2.44. The van der Waals surface area contributed by atoms with Crippen LogP contribution in [0.5, 0.6) is 0 Å². The van der Waals surface area contributed by atoms with Crippen LogP contribution in [0.15, 0.2) is 54.6 Å². The van der Waals surface area contributed by atoms with Crippen LogP contribution in [-0.2, 0) is 20.7 Å². The lowest BCUT2D eigenvalue weighted by Crippen LogP contribution is -2.24. The van der Waals surface area contributed by atoms with Gasteiger partial charge in [0.25, 0.3) is 0 Å². The van der Waals surface area contributed by atoms with Gasteiger partial charge in [-0.25, -0.2) is 0 Å². The molecule has 1 saturated carbocycles. The first-order chi connectivity index (χ1) is 15.9. The van der Waals surface area contributed by atoms with E-state index in [-0.39, 0.29) is 23.7 Å². The molecule has 0 saturated heterocycles. The molecule has 1 aliphatic rings. The van der Waals surface area contributed by atoms with Crippen molar-refractivity contribution in [3.05, 3.63) is 60.2 Å². The molecule has 0 radical (unpaired) electrons. The third kappa shape index (κ3) is 9.93. The Morgan fingerprint density at radius 3 is 2.70 bits per heavy atom. The van der Waals surface area contributed by atoms with Gasteiger partial charge in [0.05, 0.1) is 12.2 Å². The number of esters is 1. The lowest BCUT2D eigenvalue weighted by Gasteiger charge is -2.22. The molecule has 2 rings (SSSR count). The van der Waals surface area contributed by atoms with Gasteiger partial charge in [-0.15, -0.1) is 0 Å². The normalized spacial score (nSPS) is 23.8. The molecule has 0 aromatic heterocycles. The number of hydrogen-bond acceptors (Lipinski definition) is 5. The maximum absolute atomic E-state index is 11.6. The Balaban J connectivity index is 1.91. The number of carbonyl (C=O) groups is 2. The summed E-state index contributed by atoms with van der Waals surface area (Å²) in [5.74, 6) is -0.545. The molecule has 182 valence electrons. The van der Waals surface area contributed by atoms with E-state index in [1.165, 1.54) is 12.5 Å². The van der Waals surface area contributed by atoms with Crippen LogP contribution in [0.4, 0.5) is 0 Å². The average molecular weight is 458 g/mol. The largest absolute Gasteiger partial charge is 0.462 e. The van der Waals surface area contributed by atoms with Crippen LogP contribution in [0.3, 0.4) is 0 Å². The molecule has 1 aromatic carbocycles. The number of rotatable bonds is 13. The van der Waals surface area contributed by atoms with Crippen LogP contribution in [-0.4, -0.2) is 46.9 Å². The number of unbranched alkanes of at least 4 members (excludes halogenated alkanes) is 1. The Kier molecular flexibility index (Phi) is 11.9. The zero-order valence-electron chi connectivity index (χ0n) is 19.9. The maximum Gasteiger partial charge on any atom is 0.302 e. The first-order valence-corrected chi connectivity index (χ1v) is 12.1. The zero-order chi connectivity index (χ0) is 24.1. The van der Waals surface area contributed by atoms with Gasteiger partial charge in [0, 0.05) is 32.2 Å². The number of hydrogen-bond donors (Lipinski definition) is 3. The van der Waals surface area contributed by atoms with E-state index in [9.17, 15) is 19.8 Å². The van der Waals surface area contributed by atoms with E-state index < -0.39 is 18.3 Å². The molecule has 5 atom stereocenters. The summed E-state index contributed by atoms with van der Waals surface area (Å²) in [4.78, 5) is 23.1. The number of ether oxygens (including phenoxy) is 1. The number of aliphatic hydroxyl groups is 2. The fourth-order valence-electron chi connectivity index (χ4n) is 4.37. The predicted molar refractivity (Wildman–Crippen MR) is 129 cm³/mol. The molecule has 1 amide bonds. The van der Waals surface area contributed by atoms with Crippen LogP contribution in [0.1, 0.15) is 57.9 Å². The van der Waals surface area contributed by atoms with Gasteiger partial charge in [-0.3, -0.25) is 9.59 Å². The topological polar surface area (TPSA) is 95.9 Å². The molecule has 1 aliphatic carbocycles. The lowest BCUT2D eigenvalue weighted by atomic mass is 9.89. The van der Waals surface area contributed by atoms with E-state index in [0.717, 1.165) is 19.3 Å². The fraction of sp³-hybridized carbons (Fsp3) is 0.556. The standard InChI is InChI=1S/C27H39NO5/c1-3-28-27(32)14-10-5-4-9-13-23-24(26(19-25(23)31)33-20(2)29)18-17-22(30)16-15-21-11-7-6-8-12-21/h4,6-9,11-12,17-18,22-26,30-31H,3,5,10,13-16,19H2,1-2H3,(H,28,32)/b9-4-,18-17+/t22-,23+,24+,25-,26+/m0/s1. The third-order valence-electron chi connectivity index (χ3n) is 6.06. The highest BCUT2D eigenvalue weighted by molar-refractivity contribution is 5.75. The number of amides is 1. The molecule has 0 aliphatic heterocycles. The van der Waals surface area contributed by atoms with E-state index >= 15 is 0 Å². The van der Waals surface area contributed by atoms with Crippen molar-refractivity contribution >= 4 is 11.9 Å². The molecule has 6 heteroatoms. The smallest absolute Gasteiger partial charge is 0.302 e. The molecule has 1 aromatic rings. The van der Waals surface area contributed by atoms with Crippen molar-refractivity contribution in [1.29, 1.82) is 0 Å². The minimum absolute atomic E-state index is 0.0670. The van der Waals surface area contributed by atoms with Gasteiger partial charge >= 0.3 is 5.97 Å². The van der Waals surface area contributed by atoms with Crippen molar-refractivity contribution in [3.63, 3.8) is 0 Å². The van der Waals surface area contributed by atoms with Crippen molar-refractivity contribution in [3.8, 4) is 0 Å². The van der Waals surface area contributed by atoms with Gasteiger partial charge in [0.2, 0.25) is 5.91 Å². The van der Waals surface area contributed by atoms with Crippen molar-refractivity contribution in [2.45, 2.75) is 77.1 Å². The SMILES string of the molecule is CCNC(=O)CCC/C=C\C[C@@H]1[C@@H](/C=C/[C@@H](O)CCc2ccccc2)[C@H](OC(C)=O)C[C@@H]1O. The van der Waals surface area contributed by atoms with Crippen molar-refractivity contribution < 1.29 is 24.5 Å².